The van der Waals surface area contributed by atoms with Crippen molar-refractivity contribution < 1.29 is 9.47 Å². The molecule has 1 heterocycles. The number of nitrogens with two attached hydrogens (primary N) is 1. The summed E-state index contributed by atoms with van der Waals surface area (Å²) in [6.45, 7) is 2.14. The molecule has 102 valence electrons. The molecule has 0 saturated heterocycles. The first kappa shape index (κ1) is 13.9. The number of aryl methyl sites for hydroxylation is 1. The van der Waals surface area contributed by atoms with Gasteiger partial charge in [0.2, 0.25) is 0 Å². The van der Waals surface area contributed by atoms with Gasteiger partial charge in [0.25, 0.3) is 0 Å². The molecule has 0 aliphatic heterocycles. The monoisotopic (exact) mass is 277 g/mol. The second kappa shape index (κ2) is 6.08. The van der Waals surface area contributed by atoms with Crippen molar-refractivity contribution in [3.63, 3.8) is 0 Å². The minimum atomic E-state index is -0.221. The van der Waals surface area contributed by atoms with Crippen LogP contribution >= 0.6 is 11.3 Å². The molecule has 0 aliphatic carbocycles. The van der Waals surface area contributed by atoms with Crippen molar-refractivity contribution in [2.24, 2.45) is 5.73 Å². The lowest BCUT2D eigenvalue weighted by atomic mass is 10.0. The number of methoxy groups -OCH3 is 2. The van der Waals surface area contributed by atoms with Crippen molar-refractivity contribution in [3.05, 3.63) is 45.6 Å². The third-order valence-electron chi connectivity index (χ3n) is 3.22. The Hall–Kier alpha value is -1.52. The lowest BCUT2D eigenvalue weighted by Gasteiger charge is -2.19. The van der Waals surface area contributed by atoms with E-state index in [0.29, 0.717) is 0 Å². The number of hydrogen-bond acceptors (Lipinski definition) is 4. The summed E-state index contributed by atoms with van der Waals surface area (Å²) >= 11 is 1.68. The highest BCUT2D eigenvalue weighted by Gasteiger charge is 2.21. The maximum absolute atomic E-state index is 6.44. The summed E-state index contributed by atoms with van der Waals surface area (Å²) in [6.07, 6.45) is 0.976. The molecule has 1 atom stereocenters. The molecule has 0 spiro atoms. The van der Waals surface area contributed by atoms with Gasteiger partial charge < -0.3 is 15.2 Å². The number of rotatable bonds is 5. The smallest absolute Gasteiger partial charge is 0.127 e. The van der Waals surface area contributed by atoms with Crippen LogP contribution in [0, 0.1) is 0 Å². The number of hydrogen-bond donors (Lipinski definition) is 1. The van der Waals surface area contributed by atoms with Crippen molar-refractivity contribution >= 4 is 11.3 Å². The zero-order valence-corrected chi connectivity index (χ0v) is 12.3. The van der Waals surface area contributed by atoms with E-state index >= 15 is 0 Å². The first-order chi connectivity index (χ1) is 9.22. The van der Waals surface area contributed by atoms with Crippen LogP contribution in [0.4, 0.5) is 0 Å². The number of benzene rings is 1. The van der Waals surface area contributed by atoms with E-state index in [1.807, 2.05) is 18.2 Å². The average molecular weight is 277 g/mol. The van der Waals surface area contributed by atoms with Crippen molar-refractivity contribution in [3.8, 4) is 11.5 Å². The molecule has 1 unspecified atom stereocenters. The molecule has 1 aromatic heterocycles. The van der Waals surface area contributed by atoms with Gasteiger partial charge in [-0.05, 0) is 35.6 Å². The van der Waals surface area contributed by atoms with Gasteiger partial charge in [0.1, 0.15) is 11.5 Å². The quantitative estimate of drug-likeness (QED) is 0.911. The Labute approximate surface area is 118 Å². The lowest BCUT2D eigenvalue weighted by molar-refractivity contribution is 0.382. The van der Waals surface area contributed by atoms with E-state index in [-0.39, 0.29) is 6.04 Å². The van der Waals surface area contributed by atoms with E-state index in [4.69, 9.17) is 15.2 Å². The fourth-order valence-corrected chi connectivity index (χ4v) is 3.24. The van der Waals surface area contributed by atoms with Crippen LogP contribution in [0.25, 0.3) is 0 Å². The van der Waals surface area contributed by atoms with Crippen molar-refractivity contribution in [1.29, 1.82) is 0 Å². The highest BCUT2D eigenvalue weighted by atomic mass is 32.1. The Morgan fingerprint density at radius 1 is 1.16 bits per heavy atom. The van der Waals surface area contributed by atoms with Crippen molar-refractivity contribution in [1.82, 2.24) is 0 Å². The van der Waals surface area contributed by atoms with Crippen LogP contribution < -0.4 is 15.2 Å². The Balaban J connectivity index is 2.51. The summed E-state index contributed by atoms with van der Waals surface area (Å²) in [5.41, 5.74) is 8.63. The van der Waals surface area contributed by atoms with E-state index in [1.54, 1.807) is 25.6 Å². The molecule has 0 saturated carbocycles. The van der Waals surface area contributed by atoms with Gasteiger partial charge in [-0.2, -0.15) is 0 Å². The van der Waals surface area contributed by atoms with Crippen molar-refractivity contribution in [2.45, 2.75) is 19.4 Å². The fourth-order valence-electron chi connectivity index (χ4n) is 2.23. The molecular formula is C15H19NO2S. The molecule has 1 aromatic carbocycles. The first-order valence-electron chi connectivity index (χ1n) is 6.25. The molecular weight excluding hydrogens is 258 g/mol. The van der Waals surface area contributed by atoms with Crippen LogP contribution in [0.1, 0.15) is 29.0 Å². The second-order valence-corrected chi connectivity index (χ2v) is 5.17. The first-order valence-corrected chi connectivity index (χ1v) is 7.13. The topological polar surface area (TPSA) is 44.5 Å². The molecule has 2 rings (SSSR count). The predicted octanol–water partition coefficient (Wildman–Crippen LogP) is 3.38. The SMILES string of the molecule is CCc1ccsc1C(N)c1c(OC)cccc1OC. The minimum Gasteiger partial charge on any atom is -0.496 e. The Morgan fingerprint density at radius 2 is 1.79 bits per heavy atom. The third-order valence-corrected chi connectivity index (χ3v) is 4.26. The largest absolute Gasteiger partial charge is 0.496 e. The van der Waals surface area contributed by atoms with Gasteiger partial charge >= 0.3 is 0 Å². The van der Waals surface area contributed by atoms with Crippen LogP contribution in [0.2, 0.25) is 0 Å². The maximum Gasteiger partial charge on any atom is 0.127 e. The number of thiophene rings is 1. The summed E-state index contributed by atoms with van der Waals surface area (Å²) in [6, 6.07) is 7.64. The van der Waals surface area contributed by atoms with Gasteiger partial charge in [0.15, 0.2) is 0 Å². The van der Waals surface area contributed by atoms with Crippen molar-refractivity contribution in [2.75, 3.05) is 14.2 Å². The van der Waals surface area contributed by atoms with Crippen LogP contribution in [0.5, 0.6) is 11.5 Å². The van der Waals surface area contributed by atoms with Gasteiger partial charge in [-0.15, -0.1) is 11.3 Å². The van der Waals surface area contributed by atoms with Crippen LogP contribution in [-0.2, 0) is 6.42 Å². The van der Waals surface area contributed by atoms with E-state index in [2.05, 4.69) is 18.4 Å². The fraction of sp³-hybridized carbons (Fsp3) is 0.333. The molecule has 0 bridgehead atoms. The van der Waals surface area contributed by atoms with Crippen LogP contribution in [-0.4, -0.2) is 14.2 Å². The molecule has 4 heteroatoms. The van der Waals surface area contributed by atoms with E-state index in [0.717, 1.165) is 23.5 Å². The predicted molar refractivity (Wildman–Crippen MR) is 79.3 cm³/mol. The number of ether oxygens (including phenoxy) is 2. The standard InChI is InChI=1S/C15H19NO2S/c1-4-10-8-9-19-15(10)14(16)13-11(17-2)6-5-7-12(13)18-3/h5-9,14H,4,16H2,1-3H3. The van der Waals surface area contributed by atoms with E-state index in [9.17, 15) is 0 Å². The highest BCUT2D eigenvalue weighted by molar-refractivity contribution is 7.10. The summed E-state index contributed by atoms with van der Waals surface area (Å²) in [7, 11) is 3.31. The van der Waals surface area contributed by atoms with Crippen LogP contribution in [0.3, 0.4) is 0 Å². The van der Waals surface area contributed by atoms with Gasteiger partial charge in [-0.25, -0.2) is 0 Å². The normalized spacial score (nSPS) is 12.2. The summed E-state index contributed by atoms with van der Waals surface area (Å²) in [5.74, 6) is 1.53. The summed E-state index contributed by atoms with van der Waals surface area (Å²) in [4.78, 5) is 1.17. The van der Waals surface area contributed by atoms with Gasteiger partial charge in [0.05, 0.1) is 25.8 Å². The molecule has 0 amide bonds. The summed E-state index contributed by atoms with van der Waals surface area (Å²) in [5, 5.41) is 2.08. The highest BCUT2D eigenvalue weighted by Crippen LogP contribution is 2.38. The summed E-state index contributed by atoms with van der Waals surface area (Å²) < 4.78 is 10.9. The van der Waals surface area contributed by atoms with Gasteiger partial charge in [-0.1, -0.05) is 13.0 Å². The Bertz CT molecular complexity index is 529. The average Bonchev–Trinajstić information content (AvgIpc) is 2.93. The molecule has 0 aliphatic rings. The Kier molecular flexibility index (Phi) is 4.45. The molecule has 0 fully saturated rings. The molecule has 2 aromatic rings. The van der Waals surface area contributed by atoms with Gasteiger partial charge in [0, 0.05) is 4.88 Å². The van der Waals surface area contributed by atoms with Gasteiger partial charge in [-0.3, -0.25) is 0 Å². The van der Waals surface area contributed by atoms with E-state index < -0.39 is 0 Å². The van der Waals surface area contributed by atoms with E-state index in [1.165, 1.54) is 10.4 Å². The molecule has 3 nitrogen and oxygen atoms in total. The zero-order chi connectivity index (χ0) is 13.8. The Morgan fingerprint density at radius 3 is 2.32 bits per heavy atom. The maximum atomic E-state index is 6.44. The molecule has 0 radical (unpaired) electrons. The third kappa shape index (κ3) is 2.60. The minimum absolute atomic E-state index is 0.221. The lowest BCUT2D eigenvalue weighted by Crippen LogP contribution is -2.14. The second-order valence-electron chi connectivity index (χ2n) is 4.22. The van der Waals surface area contributed by atoms with Crippen LogP contribution in [0.15, 0.2) is 29.6 Å². The zero-order valence-electron chi connectivity index (χ0n) is 11.5. The molecule has 2 N–H and O–H groups in total. The molecule has 19 heavy (non-hydrogen) atoms.